The molecule has 0 radical (unpaired) electrons. The first-order valence-electron chi connectivity index (χ1n) is 25.6. The number of aliphatic hydroxyl groups excluding tert-OH is 1. The van der Waals surface area contributed by atoms with Crippen LogP contribution in [-0.4, -0.2) is 66.5 Å². The van der Waals surface area contributed by atoms with Crippen molar-refractivity contribution in [3.63, 3.8) is 0 Å². The van der Waals surface area contributed by atoms with E-state index < -0.39 is 57.8 Å². The van der Waals surface area contributed by atoms with Crippen molar-refractivity contribution in [1.29, 1.82) is 0 Å². The molecule has 0 aromatic heterocycles. The maximum absolute atomic E-state index is 12.8. The quantitative estimate of drug-likeness (QED) is 0.0197. The van der Waals surface area contributed by atoms with Gasteiger partial charge in [0, 0.05) is 19.3 Å². The molecule has 0 amide bonds. The van der Waals surface area contributed by atoms with Gasteiger partial charge in [-0.15, -0.1) is 0 Å². The van der Waals surface area contributed by atoms with E-state index in [1.54, 1.807) is 0 Å². The molecule has 0 fully saturated rings. The number of aliphatic hydroxyl groups is 1. The average molecular weight is 903 g/mol. The van der Waals surface area contributed by atoms with Crippen LogP contribution in [0.15, 0.2) is 12.2 Å². The molecule has 0 aliphatic carbocycles. The van der Waals surface area contributed by atoms with Gasteiger partial charge in [0.05, 0.1) is 19.8 Å². The van der Waals surface area contributed by atoms with Crippen LogP contribution < -0.4 is 0 Å². The minimum absolute atomic E-state index is 0.163. The Hall–Kier alpha value is -1.78. The standard InChI is InChI=1S/C50H95O11P/c1-4-7-10-13-16-19-21-23-25-28-31-34-37-40-49(53)60-46(42-51)44-58-62(55,56)59-45-47(43-57-48(52)39-36-33-30-27-18-15-12-9-6-3)61-50(54)41-38-35-32-29-26-24-22-20-17-14-11-8-5-2/h20,22,46-47,51H,4-19,21,23-45H2,1-3H3,(H,55,56)/b22-20-. The van der Waals surface area contributed by atoms with E-state index in [1.165, 1.54) is 116 Å². The van der Waals surface area contributed by atoms with E-state index in [0.717, 1.165) is 77.0 Å². The van der Waals surface area contributed by atoms with Crippen LogP contribution in [0.1, 0.15) is 252 Å². The second-order valence-electron chi connectivity index (χ2n) is 17.3. The zero-order valence-corrected chi connectivity index (χ0v) is 41.0. The van der Waals surface area contributed by atoms with Gasteiger partial charge in [-0.2, -0.15) is 0 Å². The Bertz CT molecular complexity index is 1100. The van der Waals surface area contributed by atoms with Gasteiger partial charge in [0.15, 0.2) is 6.10 Å². The summed E-state index contributed by atoms with van der Waals surface area (Å²) < 4.78 is 39.3. The smallest absolute Gasteiger partial charge is 0.462 e. The fourth-order valence-corrected chi connectivity index (χ4v) is 8.02. The summed E-state index contributed by atoms with van der Waals surface area (Å²) in [6, 6.07) is 0. The summed E-state index contributed by atoms with van der Waals surface area (Å²) in [4.78, 5) is 48.1. The summed E-state index contributed by atoms with van der Waals surface area (Å²) in [5.41, 5.74) is 0. The first kappa shape index (κ1) is 60.2. The molecular weight excluding hydrogens is 808 g/mol. The molecule has 11 nitrogen and oxygen atoms in total. The highest BCUT2D eigenvalue weighted by Crippen LogP contribution is 2.43. The Labute approximate surface area is 379 Å². The molecule has 366 valence electrons. The Morgan fingerprint density at radius 3 is 1.13 bits per heavy atom. The van der Waals surface area contributed by atoms with E-state index in [-0.39, 0.29) is 25.9 Å². The molecule has 0 aliphatic heterocycles. The highest BCUT2D eigenvalue weighted by molar-refractivity contribution is 7.47. The zero-order valence-electron chi connectivity index (χ0n) is 40.1. The predicted octanol–water partition coefficient (Wildman–Crippen LogP) is 14.1. The van der Waals surface area contributed by atoms with Crippen LogP contribution in [0.3, 0.4) is 0 Å². The minimum atomic E-state index is -4.73. The molecule has 3 atom stereocenters. The van der Waals surface area contributed by atoms with Crippen LogP contribution in [0.2, 0.25) is 0 Å². The third kappa shape index (κ3) is 43.5. The number of allylic oxidation sites excluding steroid dienone is 2. The molecule has 0 bridgehead atoms. The Balaban J connectivity index is 4.67. The summed E-state index contributed by atoms with van der Waals surface area (Å²) in [5, 5.41) is 9.75. The third-order valence-corrected chi connectivity index (χ3v) is 12.1. The van der Waals surface area contributed by atoms with E-state index in [4.69, 9.17) is 23.3 Å². The fraction of sp³-hybridized carbons (Fsp3) is 0.900. The van der Waals surface area contributed by atoms with Gasteiger partial charge in [-0.1, -0.05) is 200 Å². The maximum Gasteiger partial charge on any atom is 0.472 e. The summed E-state index contributed by atoms with van der Waals surface area (Å²) in [5.74, 6) is -1.46. The molecule has 0 saturated heterocycles. The second kappa shape index (κ2) is 45.8. The van der Waals surface area contributed by atoms with Gasteiger partial charge in [0.2, 0.25) is 0 Å². The summed E-state index contributed by atoms with van der Waals surface area (Å²) in [7, 11) is -4.73. The van der Waals surface area contributed by atoms with Crippen molar-refractivity contribution in [3.8, 4) is 0 Å². The van der Waals surface area contributed by atoms with Gasteiger partial charge < -0.3 is 24.2 Å². The van der Waals surface area contributed by atoms with E-state index >= 15 is 0 Å². The third-order valence-electron chi connectivity index (χ3n) is 11.2. The molecule has 3 unspecified atom stereocenters. The topological polar surface area (TPSA) is 155 Å². The molecule has 0 spiro atoms. The van der Waals surface area contributed by atoms with Crippen molar-refractivity contribution in [2.24, 2.45) is 0 Å². The minimum Gasteiger partial charge on any atom is -0.462 e. The van der Waals surface area contributed by atoms with Crippen LogP contribution in [0.25, 0.3) is 0 Å². The molecule has 0 saturated carbocycles. The highest BCUT2D eigenvalue weighted by atomic mass is 31.2. The number of unbranched alkanes of at least 4 members (excludes halogenated alkanes) is 29. The Morgan fingerprint density at radius 1 is 0.435 bits per heavy atom. The Morgan fingerprint density at radius 2 is 0.742 bits per heavy atom. The SMILES string of the molecule is CCCCCC/C=C\CCCCCCCC(=O)OC(COC(=O)CCCCCCCCCCC)COP(=O)(O)OCC(CO)OC(=O)CCCCCCCCCCCCCCC. The number of rotatable bonds is 48. The number of phosphoric ester groups is 1. The number of phosphoric acid groups is 1. The summed E-state index contributed by atoms with van der Waals surface area (Å²) in [6.45, 7) is 4.61. The Kier molecular flexibility index (Phi) is 44.5. The van der Waals surface area contributed by atoms with Crippen molar-refractivity contribution in [2.75, 3.05) is 26.4 Å². The van der Waals surface area contributed by atoms with E-state index in [2.05, 4.69) is 32.9 Å². The molecule has 0 aromatic carbocycles. The van der Waals surface area contributed by atoms with Gasteiger partial charge in [0.25, 0.3) is 0 Å². The molecule has 12 heteroatoms. The van der Waals surface area contributed by atoms with Crippen LogP contribution >= 0.6 is 7.82 Å². The number of esters is 3. The van der Waals surface area contributed by atoms with Crippen molar-refractivity contribution in [2.45, 2.75) is 264 Å². The van der Waals surface area contributed by atoms with Crippen molar-refractivity contribution in [3.05, 3.63) is 12.2 Å². The molecule has 62 heavy (non-hydrogen) atoms. The van der Waals surface area contributed by atoms with Crippen molar-refractivity contribution in [1.82, 2.24) is 0 Å². The monoisotopic (exact) mass is 903 g/mol. The largest absolute Gasteiger partial charge is 0.472 e. The zero-order chi connectivity index (χ0) is 45.6. The molecular formula is C50H95O11P. The van der Waals surface area contributed by atoms with Crippen molar-refractivity contribution >= 4 is 25.7 Å². The van der Waals surface area contributed by atoms with Gasteiger partial charge >= 0.3 is 25.7 Å². The lowest BCUT2D eigenvalue weighted by molar-refractivity contribution is -0.161. The first-order valence-corrected chi connectivity index (χ1v) is 27.1. The number of carbonyl (C=O) groups is 3. The van der Waals surface area contributed by atoms with Crippen LogP contribution in [-0.2, 0) is 42.2 Å². The van der Waals surface area contributed by atoms with Crippen LogP contribution in [0, 0.1) is 0 Å². The average Bonchev–Trinajstić information content (AvgIpc) is 3.25. The first-order chi connectivity index (χ1) is 30.2. The van der Waals surface area contributed by atoms with Gasteiger partial charge in [-0.3, -0.25) is 23.4 Å². The van der Waals surface area contributed by atoms with E-state index in [0.29, 0.717) is 19.3 Å². The molecule has 2 N–H and O–H groups in total. The lowest BCUT2D eigenvalue weighted by atomic mass is 10.0. The fourth-order valence-electron chi connectivity index (χ4n) is 7.23. The van der Waals surface area contributed by atoms with Crippen LogP contribution in [0.4, 0.5) is 0 Å². The highest BCUT2D eigenvalue weighted by Gasteiger charge is 2.28. The molecule has 0 heterocycles. The number of hydrogen-bond acceptors (Lipinski definition) is 10. The second-order valence-corrected chi connectivity index (χ2v) is 18.8. The van der Waals surface area contributed by atoms with E-state index in [1.807, 2.05) is 0 Å². The predicted molar refractivity (Wildman–Crippen MR) is 252 cm³/mol. The normalized spacial score (nSPS) is 13.6. The lowest BCUT2D eigenvalue weighted by Gasteiger charge is -2.21. The van der Waals surface area contributed by atoms with Crippen LogP contribution in [0.5, 0.6) is 0 Å². The van der Waals surface area contributed by atoms with E-state index in [9.17, 15) is 28.9 Å². The van der Waals surface area contributed by atoms with Gasteiger partial charge in [-0.25, -0.2) is 4.57 Å². The summed E-state index contributed by atoms with van der Waals surface area (Å²) >= 11 is 0. The number of hydrogen-bond donors (Lipinski definition) is 2. The molecule has 0 aliphatic rings. The molecule has 0 rings (SSSR count). The summed E-state index contributed by atoms with van der Waals surface area (Å²) in [6.07, 6.45) is 40.4. The van der Waals surface area contributed by atoms with Crippen molar-refractivity contribution < 1.29 is 52.2 Å². The van der Waals surface area contributed by atoms with Gasteiger partial charge in [0.1, 0.15) is 12.7 Å². The molecule has 0 aromatic rings. The number of ether oxygens (including phenoxy) is 3. The maximum atomic E-state index is 12.8. The van der Waals surface area contributed by atoms with Gasteiger partial charge in [-0.05, 0) is 44.9 Å². The number of carbonyl (C=O) groups excluding carboxylic acids is 3. The lowest BCUT2D eigenvalue weighted by Crippen LogP contribution is -2.30.